The van der Waals surface area contributed by atoms with Gasteiger partial charge in [-0.15, -0.1) is 11.3 Å². The second-order valence-corrected chi connectivity index (χ2v) is 9.04. The summed E-state index contributed by atoms with van der Waals surface area (Å²) < 4.78 is 27.6. The highest BCUT2D eigenvalue weighted by Crippen LogP contribution is 2.34. The van der Waals surface area contributed by atoms with Gasteiger partial charge in [-0.2, -0.15) is 0 Å². The van der Waals surface area contributed by atoms with Crippen molar-refractivity contribution in [3.63, 3.8) is 0 Å². The summed E-state index contributed by atoms with van der Waals surface area (Å²) in [6.45, 7) is 0. The van der Waals surface area contributed by atoms with E-state index >= 15 is 0 Å². The minimum absolute atomic E-state index is 0.194. The van der Waals surface area contributed by atoms with Gasteiger partial charge in [0.1, 0.15) is 4.21 Å². The Bertz CT molecular complexity index is 512. The fourth-order valence-corrected chi connectivity index (χ4v) is 5.71. The molecule has 4 nitrogen and oxygen atoms in total. The number of nitrogens with one attached hydrogen (secondary N) is 1. The Morgan fingerprint density at radius 2 is 2.22 bits per heavy atom. The summed E-state index contributed by atoms with van der Waals surface area (Å²) >= 11 is 10.1. The van der Waals surface area contributed by atoms with E-state index in [-0.39, 0.29) is 10.3 Å². The number of aliphatic hydroxyl groups is 1. The van der Waals surface area contributed by atoms with Crippen LogP contribution in [0.2, 0.25) is 5.02 Å². The van der Waals surface area contributed by atoms with Crippen molar-refractivity contribution in [3.8, 4) is 0 Å². The molecule has 1 aliphatic rings. The smallest absolute Gasteiger partial charge is 0.250 e. The molecule has 2 atom stereocenters. The van der Waals surface area contributed by atoms with Gasteiger partial charge in [0.25, 0.3) is 0 Å². The lowest BCUT2D eigenvalue weighted by Gasteiger charge is -2.26. The lowest BCUT2D eigenvalue weighted by atomic mass is 9.94. The van der Waals surface area contributed by atoms with Crippen molar-refractivity contribution in [2.75, 3.05) is 0 Å². The minimum atomic E-state index is -3.54. The molecule has 1 fully saturated rings. The van der Waals surface area contributed by atoms with Crippen molar-refractivity contribution >= 4 is 48.9 Å². The van der Waals surface area contributed by atoms with E-state index in [1.165, 1.54) is 6.07 Å². The molecule has 2 unspecified atom stereocenters. The molecule has 18 heavy (non-hydrogen) atoms. The van der Waals surface area contributed by atoms with Crippen molar-refractivity contribution in [2.45, 2.75) is 42.0 Å². The van der Waals surface area contributed by atoms with Crippen LogP contribution in [0, 0.1) is 0 Å². The van der Waals surface area contributed by atoms with E-state index in [1.807, 2.05) is 0 Å². The molecular formula is C10H13BrClNO3S2. The predicted molar refractivity (Wildman–Crippen MR) is 75.6 cm³/mol. The Hall–Kier alpha value is 0.340. The summed E-state index contributed by atoms with van der Waals surface area (Å²) in [6, 6.07) is 1.23. The number of halogens is 2. The molecular weight excluding hydrogens is 362 g/mol. The molecule has 0 radical (unpaired) electrons. The molecule has 2 rings (SSSR count). The second kappa shape index (κ2) is 5.76. The minimum Gasteiger partial charge on any atom is -0.393 e. The van der Waals surface area contributed by atoms with E-state index in [4.69, 9.17) is 11.6 Å². The molecule has 0 spiro atoms. The number of hydrogen-bond donors (Lipinski definition) is 2. The normalized spacial score (nSPS) is 25.3. The SMILES string of the molecule is O=S(=O)(NC1CCCC(O)C1)c1cc(Cl)c(Br)s1. The van der Waals surface area contributed by atoms with Crippen molar-refractivity contribution in [1.29, 1.82) is 0 Å². The summed E-state index contributed by atoms with van der Waals surface area (Å²) in [5.74, 6) is 0. The fourth-order valence-electron chi connectivity index (χ4n) is 2.01. The molecule has 0 aliphatic heterocycles. The van der Waals surface area contributed by atoms with Crippen LogP contribution in [0.4, 0.5) is 0 Å². The first-order valence-electron chi connectivity index (χ1n) is 5.54. The number of sulfonamides is 1. The Morgan fingerprint density at radius 1 is 1.50 bits per heavy atom. The zero-order chi connectivity index (χ0) is 13.3. The first-order chi connectivity index (χ1) is 8.38. The van der Waals surface area contributed by atoms with Crippen LogP contribution in [-0.2, 0) is 10.0 Å². The maximum atomic E-state index is 12.1. The summed E-state index contributed by atoms with van der Waals surface area (Å²) in [5, 5.41) is 9.93. The highest BCUT2D eigenvalue weighted by molar-refractivity contribution is 9.11. The van der Waals surface area contributed by atoms with Gasteiger partial charge in [0.2, 0.25) is 10.0 Å². The Kier molecular flexibility index (Phi) is 4.72. The number of thiophene rings is 1. The monoisotopic (exact) mass is 373 g/mol. The molecule has 1 aromatic rings. The fraction of sp³-hybridized carbons (Fsp3) is 0.600. The Morgan fingerprint density at radius 3 is 2.78 bits per heavy atom. The van der Waals surface area contributed by atoms with Gasteiger partial charge in [0.05, 0.1) is 14.9 Å². The van der Waals surface area contributed by atoms with Crippen LogP contribution in [0.5, 0.6) is 0 Å². The molecule has 1 heterocycles. The lowest BCUT2D eigenvalue weighted by molar-refractivity contribution is 0.117. The third-order valence-electron chi connectivity index (χ3n) is 2.86. The van der Waals surface area contributed by atoms with Crippen LogP contribution in [0.1, 0.15) is 25.7 Å². The van der Waals surface area contributed by atoms with Crippen LogP contribution in [0.15, 0.2) is 14.1 Å². The largest absolute Gasteiger partial charge is 0.393 e. The van der Waals surface area contributed by atoms with Gasteiger partial charge in [0, 0.05) is 6.04 Å². The lowest BCUT2D eigenvalue weighted by Crippen LogP contribution is -2.39. The maximum absolute atomic E-state index is 12.1. The third-order valence-corrected chi connectivity index (χ3v) is 7.32. The van der Waals surface area contributed by atoms with E-state index in [0.717, 1.165) is 30.6 Å². The number of hydrogen-bond acceptors (Lipinski definition) is 4. The van der Waals surface area contributed by atoms with Crippen molar-refractivity contribution in [3.05, 3.63) is 14.9 Å². The van der Waals surface area contributed by atoms with Crippen molar-refractivity contribution < 1.29 is 13.5 Å². The van der Waals surface area contributed by atoms with Gasteiger partial charge in [0.15, 0.2) is 0 Å². The van der Waals surface area contributed by atoms with E-state index in [2.05, 4.69) is 20.7 Å². The van der Waals surface area contributed by atoms with Crippen molar-refractivity contribution in [2.24, 2.45) is 0 Å². The average molecular weight is 375 g/mol. The molecule has 8 heteroatoms. The highest BCUT2D eigenvalue weighted by Gasteiger charge is 2.27. The summed E-state index contributed by atoms with van der Waals surface area (Å²) in [5.41, 5.74) is 0. The van der Waals surface area contributed by atoms with E-state index < -0.39 is 16.1 Å². The van der Waals surface area contributed by atoms with Gasteiger partial charge < -0.3 is 5.11 Å². The molecule has 2 N–H and O–H groups in total. The van der Waals surface area contributed by atoms with Gasteiger partial charge in [-0.25, -0.2) is 13.1 Å². The molecule has 102 valence electrons. The summed E-state index contributed by atoms with van der Waals surface area (Å²) in [6.07, 6.45) is 2.40. The van der Waals surface area contributed by atoms with E-state index in [0.29, 0.717) is 15.2 Å². The molecule has 1 aliphatic carbocycles. The molecule has 1 saturated carbocycles. The zero-order valence-corrected chi connectivity index (χ0v) is 13.4. The van der Waals surface area contributed by atoms with Gasteiger partial charge in [-0.1, -0.05) is 11.6 Å². The first-order valence-corrected chi connectivity index (χ1v) is 9.01. The maximum Gasteiger partial charge on any atom is 0.250 e. The standard InChI is InChI=1S/C10H13BrClNO3S2/c11-10-8(12)5-9(17-10)18(15,16)13-6-2-1-3-7(14)4-6/h5-7,13-14H,1-4H2. The van der Waals surface area contributed by atoms with Gasteiger partial charge >= 0.3 is 0 Å². The highest BCUT2D eigenvalue weighted by atomic mass is 79.9. The quantitative estimate of drug-likeness (QED) is 0.855. The second-order valence-electron chi connectivity index (χ2n) is 4.33. The molecule has 1 aromatic heterocycles. The molecule has 0 amide bonds. The van der Waals surface area contributed by atoms with Crippen LogP contribution >= 0.6 is 38.9 Å². The predicted octanol–water partition coefficient (Wildman–Crippen LogP) is 2.75. The van der Waals surface area contributed by atoms with Crippen LogP contribution in [0.3, 0.4) is 0 Å². The van der Waals surface area contributed by atoms with Crippen LogP contribution in [-0.4, -0.2) is 25.7 Å². The Labute approximate surface area is 124 Å². The summed E-state index contributed by atoms with van der Waals surface area (Å²) in [7, 11) is -3.54. The molecule has 0 saturated heterocycles. The topological polar surface area (TPSA) is 66.4 Å². The van der Waals surface area contributed by atoms with Crippen LogP contribution in [0.25, 0.3) is 0 Å². The average Bonchev–Trinajstić information content (AvgIpc) is 2.59. The van der Waals surface area contributed by atoms with Crippen molar-refractivity contribution in [1.82, 2.24) is 4.72 Å². The zero-order valence-electron chi connectivity index (χ0n) is 9.40. The van der Waals surface area contributed by atoms with Gasteiger partial charge in [-0.05, 0) is 47.7 Å². The van der Waals surface area contributed by atoms with Gasteiger partial charge in [-0.3, -0.25) is 0 Å². The molecule has 0 aromatic carbocycles. The van der Waals surface area contributed by atoms with Crippen LogP contribution < -0.4 is 4.72 Å². The number of aliphatic hydroxyl groups excluding tert-OH is 1. The molecule has 0 bridgehead atoms. The summed E-state index contributed by atoms with van der Waals surface area (Å²) in [4.78, 5) is 0. The van der Waals surface area contributed by atoms with E-state index in [1.54, 1.807) is 0 Å². The first kappa shape index (κ1) is 14.7. The number of rotatable bonds is 3. The third kappa shape index (κ3) is 3.46. The van der Waals surface area contributed by atoms with E-state index in [9.17, 15) is 13.5 Å². The Balaban J connectivity index is 2.12.